The highest BCUT2D eigenvalue weighted by Gasteiger charge is 2.34. The van der Waals surface area contributed by atoms with Crippen LogP contribution in [0.3, 0.4) is 0 Å². The van der Waals surface area contributed by atoms with Crippen LogP contribution in [0.1, 0.15) is 17.0 Å². The second-order valence-corrected chi connectivity index (χ2v) is 7.01. The van der Waals surface area contributed by atoms with Gasteiger partial charge in [-0.05, 0) is 42.7 Å². The van der Waals surface area contributed by atoms with E-state index in [4.69, 9.17) is 4.42 Å². The Balaban J connectivity index is 1.45. The van der Waals surface area contributed by atoms with Gasteiger partial charge in [0, 0.05) is 36.6 Å². The molecule has 2 aromatic rings. The first-order valence-corrected chi connectivity index (χ1v) is 9.85. The summed E-state index contributed by atoms with van der Waals surface area (Å²) in [6.45, 7) is 0.937. The number of nitrogens with one attached hydrogen (secondary N) is 2. The largest absolute Gasteiger partial charge is 0.459 e. The van der Waals surface area contributed by atoms with Crippen molar-refractivity contribution in [2.24, 2.45) is 5.92 Å². The van der Waals surface area contributed by atoms with E-state index in [1.54, 1.807) is 28.8 Å². The Labute approximate surface area is 161 Å². The molecular weight excluding hydrogens is 366 g/mol. The van der Waals surface area contributed by atoms with Gasteiger partial charge in [0.1, 0.15) is 0 Å². The zero-order valence-corrected chi connectivity index (χ0v) is 15.8. The average Bonchev–Trinajstić information content (AvgIpc) is 3.35. The molecule has 142 valence electrons. The maximum absolute atomic E-state index is 12.3. The van der Waals surface area contributed by atoms with Crippen LogP contribution in [0.5, 0.6) is 0 Å². The number of hydrogen-bond acceptors (Lipinski definition) is 5. The lowest BCUT2D eigenvalue weighted by Crippen LogP contribution is -2.38. The summed E-state index contributed by atoms with van der Waals surface area (Å²) in [6.07, 6.45) is 3.61. The van der Waals surface area contributed by atoms with Gasteiger partial charge in [0.05, 0.1) is 12.2 Å². The summed E-state index contributed by atoms with van der Waals surface area (Å²) in [5.74, 6) is -0.730. The Morgan fingerprint density at radius 1 is 1.19 bits per heavy atom. The molecular formula is C19H21N3O4S. The normalized spacial score (nSPS) is 16.4. The first-order chi connectivity index (χ1) is 13.1. The van der Waals surface area contributed by atoms with Crippen molar-refractivity contribution >= 4 is 35.2 Å². The predicted octanol–water partition coefficient (Wildman–Crippen LogP) is 1.90. The Bertz CT molecular complexity index is 805. The molecule has 3 rings (SSSR count). The van der Waals surface area contributed by atoms with Crippen LogP contribution in [-0.2, 0) is 9.59 Å². The monoisotopic (exact) mass is 387 g/mol. The summed E-state index contributed by atoms with van der Waals surface area (Å²) in [4.78, 5) is 39.1. The van der Waals surface area contributed by atoms with E-state index in [0.29, 0.717) is 13.1 Å². The molecule has 27 heavy (non-hydrogen) atoms. The van der Waals surface area contributed by atoms with Crippen molar-refractivity contribution in [2.45, 2.75) is 11.3 Å². The fourth-order valence-corrected chi connectivity index (χ4v) is 3.30. The van der Waals surface area contributed by atoms with Crippen molar-refractivity contribution in [1.29, 1.82) is 0 Å². The summed E-state index contributed by atoms with van der Waals surface area (Å²) in [5.41, 5.74) is 0.804. The van der Waals surface area contributed by atoms with Gasteiger partial charge in [-0.3, -0.25) is 14.4 Å². The molecule has 1 aromatic carbocycles. The molecule has 1 aromatic heterocycles. The van der Waals surface area contributed by atoms with E-state index in [0.717, 1.165) is 10.6 Å². The molecule has 0 saturated carbocycles. The quantitative estimate of drug-likeness (QED) is 0.559. The number of furan rings is 1. The van der Waals surface area contributed by atoms with E-state index in [1.807, 2.05) is 30.5 Å². The second-order valence-electron chi connectivity index (χ2n) is 6.13. The smallest absolute Gasteiger partial charge is 0.287 e. The summed E-state index contributed by atoms with van der Waals surface area (Å²) >= 11 is 1.64. The molecule has 1 atom stereocenters. The predicted molar refractivity (Wildman–Crippen MR) is 103 cm³/mol. The number of benzene rings is 1. The minimum atomic E-state index is -0.390. The van der Waals surface area contributed by atoms with Gasteiger partial charge in [0.15, 0.2) is 5.76 Å². The van der Waals surface area contributed by atoms with Gasteiger partial charge < -0.3 is 20.0 Å². The highest BCUT2D eigenvalue weighted by atomic mass is 32.2. The topological polar surface area (TPSA) is 91.7 Å². The molecule has 7 nitrogen and oxygen atoms in total. The number of hydrogen-bond donors (Lipinski definition) is 2. The van der Waals surface area contributed by atoms with E-state index in [2.05, 4.69) is 10.6 Å². The SMILES string of the molecule is CSc1ccc(N2C[C@@H](C(=O)NCCNC(=O)c3ccco3)CC2=O)cc1. The van der Waals surface area contributed by atoms with Crippen LogP contribution in [-0.4, -0.2) is 43.6 Å². The number of carbonyl (C=O) groups is 3. The summed E-state index contributed by atoms with van der Waals surface area (Å²) < 4.78 is 4.99. The Morgan fingerprint density at radius 2 is 1.93 bits per heavy atom. The Kier molecular flexibility index (Phi) is 6.18. The molecule has 2 heterocycles. The summed E-state index contributed by atoms with van der Waals surface area (Å²) in [7, 11) is 0. The second kappa shape index (κ2) is 8.77. The zero-order valence-electron chi connectivity index (χ0n) is 14.9. The lowest BCUT2D eigenvalue weighted by atomic mass is 10.1. The highest BCUT2D eigenvalue weighted by Crippen LogP contribution is 2.27. The van der Waals surface area contributed by atoms with Crippen LogP contribution in [0.2, 0.25) is 0 Å². The minimum absolute atomic E-state index is 0.0572. The van der Waals surface area contributed by atoms with Crippen LogP contribution in [0.25, 0.3) is 0 Å². The molecule has 1 fully saturated rings. The number of anilines is 1. The molecule has 8 heteroatoms. The molecule has 0 bridgehead atoms. The average molecular weight is 387 g/mol. The summed E-state index contributed by atoms with van der Waals surface area (Å²) in [6, 6.07) is 10.9. The lowest BCUT2D eigenvalue weighted by Gasteiger charge is -2.17. The fraction of sp³-hybridized carbons (Fsp3) is 0.316. The maximum atomic E-state index is 12.3. The van der Waals surface area contributed by atoms with Gasteiger partial charge in [-0.15, -0.1) is 11.8 Å². The first kappa shape index (κ1) is 19.0. The molecule has 2 N–H and O–H groups in total. The summed E-state index contributed by atoms with van der Waals surface area (Å²) in [5, 5.41) is 5.43. The first-order valence-electron chi connectivity index (χ1n) is 8.62. The van der Waals surface area contributed by atoms with E-state index in [9.17, 15) is 14.4 Å². The maximum Gasteiger partial charge on any atom is 0.287 e. The molecule has 0 unspecified atom stereocenters. The van der Waals surface area contributed by atoms with Gasteiger partial charge in [0.25, 0.3) is 5.91 Å². The van der Waals surface area contributed by atoms with Gasteiger partial charge in [0.2, 0.25) is 11.8 Å². The number of thioether (sulfide) groups is 1. The van der Waals surface area contributed by atoms with Crippen LogP contribution in [0.15, 0.2) is 52.0 Å². The van der Waals surface area contributed by atoms with Crippen molar-refractivity contribution in [3.05, 3.63) is 48.4 Å². The third-order valence-corrected chi connectivity index (χ3v) is 5.08. The Hall–Kier alpha value is -2.74. The van der Waals surface area contributed by atoms with E-state index in [1.165, 1.54) is 6.26 Å². The molecule has 0 radical (unpaired) electrons. The highest BCUT2D eigenvalue weighted by molar-refractivity contribution is 7.98. The van der Waals surface area contributed by atoms with Crippen LogP contribution < -0.4 is 15.5 Å². The molecule has 1 aliphatic heterocycles. The minimum Gasteiger partial charge on any atom is -0.459 e. The standard InChI is InChI=1S/C19H21N3O4S/c1-27-15-6-4-14(5-7-15)22-12-13(11-17(22)23)18(24)20-8-9-21-19(25)16-3-2-10-26-16/h2-7,10,13H,8-9,11-12H2,1H3,(H,20,24)(H,21,25)/t13-/m0/s1. The van der Waals surface area contributed by atoms with E-state index in [-0.39, 0.29) is 36.4 Å². The van der Waals surface area contributed by atoms with Crippen molar-refractivity contribution in [2.75, 3.05) is 30.8 Å². The molecule has 1 saturated heterocycles. The third kappa shape index (κ3) is 4.71. The third-order valence-electron chi connectivity index (χ3n) is 4.33. The molecule has 0 aliphatic carbocycles. The molecule has 1 aliphatic rings. The number of amides is 3. The zero-order chi connectivity index (χ0) is 19.2. The van der Waals surface area contributed by atoms with Crippen LogP contribution in [0, 0.1) is 5.92 Å². The lowest BCUT2D eigenvalue weighted by molar-refractivity contribution is -0.126. The fourth-order valence-electron chi connectivity index (χ4n) is 2.90. The van der Waals surface area contributed by atoms with Crippen molar-refractivity contribution < 1.29 is 18.8 Å². The molecule has 0 spiro atoms. The number of nitrogens with zero attached hydrogens (tertiary/aromatic N) is 1. The number of carbonyl (C=O) groups excluding carboxylic acids is 3. The van der Waals surface area contributed by atoms with E-state index < -0.39 is 5.92 Å². The van der Waals surface area contributed by atoms with Crippen LogP contribution in [0.4, 0.5) is 5.69 Å². The number of rotatable bonds is 7. The van der Waals surface area contributed by atoms with Gasteiger partial charge in [-0.25, -0.2) is 0 Å². The van der Waals surface area contributed by atoms with Gasteiger partial charge >= 0.3 is 0 Å². The Morgan fingerprint density at radius 3 is 2.59 bits per heavy atom. The van der Waals surface area contributed by atoms with Crippen molar-refractivity contribution in [3.63, 3.8) is 0 Å². The van der Waals surface area contributed by atoms with Crippen LogP contribution >= 0.6 is 11.8 Å². The van der Waals surface area contributed by atoms with Crippen molar-refractivity contribution in [1.82, 2.24) is 10.6 Å². The van der Waals surface area contributed by atoms with E-state index >= 15 is 0 Å². The van der Waals surface area contributed by atoms with Gasteiger partial charge in [-0.1, -0.05) is 0 Å². The van der Waals surface area contributed by atoms with Crippen molar-refractivity contribution in [3.8, 4) is 0 Å². The molecule has 3 amide bonds. The van der Waals surface area contributed by atoms with Gasteiger partial charge in [-0.2, -0.15) is 0 Å².